The monoisotopic (exact) mass is 408 g/mol. The van der Waals surface area contributed by atoms with E-state index < -0.39 is 5.97 Å². The number of nitrogens with zero attached hydrogens (tertiary/aromatic N) is 2. The quantitative estimate of drug-likeness (QED) is 0.654. The van der Waals surface area contributed by atoms with E-state index in [2.05, 4.69) is 6.92 Å². The third-order valence-electron chi connectivity index (χ3n) is 4.75. The Labute approximate surface area is 172 Å². The number of aryl methyl sites for hydroxylation is 1. The molecule has 0 aliphatic carbocycles. The van der Waals surface area contributed by atoms with Crippen LogP contribution in [0.1, 0.15) is 34.3 Å². The summed E-state index contributed by atoms with van der Waals surface area (Å²) >= 11 is 1.64. The molecule has 148 valence electrons. The van der Waals surface area contributed by atoms with E-state index in [4.69, 9.17) is 14.8 Å². The van der Waals surface area contributed by atoms with Crippen LogP contribution in [-0.2, 0) is 17.8 Å². The lowest BCUT2D eigenvalue weighted by Gasteiger charge is -2.30. The van der Waals surface area contributed by atoms with Gasteiger partial charge in [-0.15, -0.1) is 11.3 Å². The summed E-state index contributed by atoms with van der Waals surface area (Å²) in [6.07, 6.45) is 2.00. The summed E-state index contributed by atoms with van der Waals surface area (Å²) in [6.45, 7) is 2.46. The molecular weight excluding hydrogens is 388 g/mol. The number of carboxylic acid groups (broad SMARTS) is 1. The normalized spacial score (nSPS) is 13.1. The number of benzene rings is 2. The number of rotatable bonds is 6. The van der Waals surface area contributed by atoms with Crippen molar-refractivity contribution in [3.63, 3.8) is 0 Å². The van der Waals surface area contributed by atoms with Crippen molar-refractivity contribution in [2.45, 2.75) is 26.3 Å². The van der Waals surface area contributed by atoms with Gasteiger partial charge in [0.05, 0.1) is 28.5 Å². The minimum Gasteiger partial charge on any atom is -0.482 e. The van der Waals surface area contributed by atoms with E-state index in [9.17, 15) is 9.59 Å². The van der Waals surface area contributed by atoms with Crippen LogP contribution in [0.3, 0.4) is 0 Å². The van der Waals surface area contributed by atoms with Gasteiger partial charge in [-0.1, -0.05) is 19.1 Å². The third kappa shape index (κ3) is 4.00. The molecule has 3 aromatic rings. The standard InChI is InChI=1S/C22H20N2O4S/c1-2-3-20-23-17(13-29-20)16-8-9-19-18(10-16)24(21(25)12-28-19)11-14-4-6-15(7-5-14)22(26)27/h4-10,13H,2-3,11-12H2,1H3,(H,26,27). The van der Waals surface area contributed by atoms with E-state index in [0.717, 1.165) is 34.7 Å². The molecule has 0 bridgehead atoms. The largest absolute Gasteiger partial charge is 0.482 e. The number of ether oxygens (including phenoxy) is 1. The first-order valence-electron chi connectivity index (χ1n) is 9.39. The maximum absolute atomic E-state index is 12.6. The number of amides is 1. The fourth-order valence-electron chi connectivity index (χ4n) is 3.24. The molecule has 0 unspecified atom stereocenters. The SMILES string of the molecule is CCCc1nc(-c2ccc3c(c2)N(Cc2ccc(C(=O)O)cc2)C(=O)CO3)cs1. The van der Waals surface area contributed by atoms with Gasteiger partial charge < -0.3 is 14.7 Å². The van der Waals surface area contributed by atoms with Crippen molar-refractivity contribution in [2.75, 3.05) is 11.5 Å². The van der Waals surface area contributed by atoms with Crippen molar-refractivity contribution in [1.82, 2.24) is 4.98 Å². The van der Waals surface area contributed by atoms with E-state index in [1.54, 1.807) is 40.5 Å². The summed E-state index contributed by atoms with van der Waals surface area (Å²) < 4.78 is 5.60. The Morgan fingerprint density at radius 3 is 2.76 bits per heavy atom. The highest BCUT2D eigenvalue weighted by Crippen LogP contribution is 2.37. The molecule has 2 heterocycles. The summed E-state index contributed by atoms with van der Waals surface area (Å²) in [5.41, 5.74) is 3.60. The Hall–Kier alpha value is -3.19. The molecule has 7 heteroatoms. The summed E-state index contributed by atoms with van der Waals surface area (Å²) in [7, 11) is 0. The number of hydrogen-bond acceptors (Lipinski definition) is 5. The van der Waals surface area contributed by atoms with Crippen molar-refractivity contribution in [1.29, 1.82) is 0 Å². The van der Waals surface area contributed by atoms with Gasteiger partial charge in [0.15, 0.2) is 6.61 Å². The van der Waals surface area contributed by atoms with E-state index in [0.29, 0.717) is 18.0 Å². The lowest BCUT2D eigenvalue weighted by Crippen LogP contribution is -2.38. The average Bonchev–Trinajstić information content (AvgIpc) is 3.19. The molecule has 4 rings (SSSR count). The molecule has 0 saturated heterocycles. The molecule has 0 spiro atoms. The van der Waals surface area contributed by atoms with Crippen molar-refractivity contribution in [3.05, 3.63) is 64.0 Å². The Morgan fingerprint density at radius 2 is 2.03 bits per heavy atom. The predicted molar refractivity (Wildman–Crippen MR) is 112 cm³/mol. The van der Waals surface area contributed by atoms with Gasteiger partial charge in [-0.05, 0) is 48.7 Å². The average molecular weight is 408 g/mol. The second kappa shape index (κ2) is 8.05. The number of fused-ring (bicyclic) bond motifs is 1. The summed E-state index contributed by atoms with van der Waals surface area (Å²) in [6, 6.07) is 12.3. The molecule has 0 saturated carbocycles. The first-order valence-corrected chi connectivity index (χ1v) is 10.3. The molecule has 29 heavy (non-hydrogen) atoms. The molecule has 1 amide bonds. The molecule has 6 nitrogen and oxygen atoms in total. The Balaban J connectivity index is 1.64. The highest BCUT2D eigenvalue weighted by atomic mass is 32.1. The molecule has 2 aromatic carbocycles. The van der Waals surface area contributed by atoms with Crippen LogP contribution < -0.4 is 9.64 Å². The number of aromatic nitrogens is 1. The van der Waals surface area contributed by atoms with Gasteiger partial charge in [0.25, 0.3) is 5.91 Å². The lowest BCUT2D eigenvalue weighted by molar-refractivity contribution is -0.121. The van der Waals surface area contributed by atoms with Crippen molar-refractivity contribution in [3.8, 4) is 17.0 Å². The van der Waals surface area contributed by atoms with Crippen molar-refractivity contribution >= 4 is 28.9 Å². The first kappa shape index (κ1) is 19.1. The topological polar surface area (TPSA) is 79.7 Å². The highest BCUT2D eigenvalue weighted by Gasteiger charge is 2.26. The highest BCUT2D eigenvalue weighted by molar-refractivity contribution is 7.09. The van der Waals surface area contributed by atoms with Crippen molar-refractivity contribution < 1.29 is 19.4 Å². The summed E-state index contributed by atoms with van der Waals surface area (Å²) in [4.78, 5) is 30.0. The zero-order valence-corrected chi connectivity index (χ0v) is 16.7. The number of hydrogen-bond donors (Lipinski definition) is 1. The number of aromatic carboxylic acids is 1. The Morgan fingerprint density at radius 1 is 1.24 bits per heavy atom. The van der Waals surface area contributed by atoms with Crippen LogP contribution in [0.15, 0.2) is 47.8 Å². The van der Waals surface area contributed by atoms with Crippen LogP contribution in [-0.4, -0.2) is 28.6 Å². The molecule has 1 N–H and O–H groups in total. The predicted octanol–water partition coefficient (Wildman–Crippen LogP) is 4.39. The molecule has 1 aromatic heterocycles. The second-order valence-electron chi connectivity index (χ2n) is 6.83. The van der Waals surface area contributed by atoms with E-state index in [-0.39, 0.29) is 18.1 Å². The van der Waals surface area contributed by atoms with Crippen LogP contribution in [0.5, 0.6) is 5.75 Å². The zero-order valence-electron chi connectivity index (χ0n) is 15.9. The molecule has 0 atom stereocenters. The van der Waals surface area contributed by atoms with Crippen LogP contribution in [0.25, 0.3) is 11.3 Å². The summed E-state index contributed by atoms with van der Waals surface area (Å²) in [5, 5.41) is 12.2. The van der Waals surface area contributed by atoms with Gasteiger partial charge >= 0.3 is 5.97 Å². The number of carbonyl (C=O) groups is 2. The van der Waals surface area contributed by atoms with Crippen molar-refractivity contribution in [2.24, 2.45) is 0 Å². The molecular formula is C22H20N2O4S. The number of carbonyl (C=O) groups excluding carboxylic acids is 1. The van der Waals surface area contributed by atoms with Gasteiger partial charge in [-0.2, -0.15) is 0 Å². The minimum absolute atomic E-state index is 0.0170. The van der Waals surface area contributed by atoms with Gasteiger partial charge in [-0.25, -0.2) is 9.78 Å². The van der Waals surface area contributed by atoms with Gasteiger partial charge in [0.2, 0.25) is 0 Å². The maximum Gasteiger partial charge on any atom is 0.335 e. The van der Waals surface area contributed by atoms with Crippen LogP contribution in [0, 0.1) is 0 Å². The first-order chi connectivity index (χ1) is 14.0. The molecule has 0 radical (unpaired) electrons. The van der Waals surface area contributed by atoms with E-state index >= 15 is 0 Å². The van der Waals surface area contributed by atoms with E-state index in [1.165, 1.54) is 0 Å². The summed E-state index contributed by atoms with van der Waals surface area (Å²) in [5.74, 6) is -0.457. The van der Waals surface area contributed by atoms with Gasteiger partial charge in [-0.3, -0.25) is 4.79 Å². The fraction of sp³-hybridized carbons (Fsp3) is 0.227. The number of anilines is 1. The number of carboxylic acids is 1. The lowest BCUT2D eigenvalue weighted by atomic mass is 10.1. The van der Waals surface area contributed by atoms with Crippen LogP contribution in [0.2, 0.25) is 0 Å². The zero-order chi connectivity index (χ0) is 20.4. The molecule has 1 aliphatic heterocycles. The van der Waals surface area contributed by atoms with Gasteiger partial charge in [0.1, 0.15) is 5.75 Å². The number of thiazole rings is 1. The molecule has 1 aliphatic rings. The molecule has 0 fully saturated rings. The van der Waals surface area contributed by atoms with Crippen LogP contribution in [0.4, 0.5) is 5.69 Å². The second-order valence-corrected chi connectivity index (χ2v) is 7.77. The minimum atomic E-state index is -0.973. The van der Waals surface area contributed by atoms with Gasteiger partial charge in [0, 0.05) is 10.9 Å². The Kier molecular flexibility index (Phi) is 5.31. The van der Waals surface area contributed by atoms with Crippen LogP contribution >= 0.6 is 11.3 Å². The Bertz CT molecular complexity index is 1060. The maximum atomic E-state index is 12.6. The fourth-order valence-corrected chi connectivity index (χ4v) is 4.15. The van der Waals surface area contributed by atoms with E-state index in [1.807, 2.05) is 23.6 Å². The smallest absolute Gasteiger partial charge is 0.335 e. The third-order valence-corrected chi connectivity index (χ3v) is 5.66.